The second-order valence-corrected chi connectivity index (χ2v) is 6.67. The smallest absolute Gasteiger partial charge is 0.248 e. The normalized spacial score (nSPS) is 10.5. The summed E-state index contributed by atoms with van der Waals surface area (Å²) < 4.78 is 6.98. The van der Waals surface area contributed by atoms with Gasteiger partial charge in [0.1, 0.15) is 17.8 Å². The number of rotatable bonds is 4. The molecule has 24 heavy (non-hydrogen) atoms. The zero-order chi connectivity index (χ0) is 17.1. The molecule has 0 saturated carbocycles. The van der Waals surface area contributed by atoms with Crippen LogP contribution in [0, 0.1) is 17.4 Å². The second kappa shape index (κ2) is 7.04. The maximum Gasteiger partial charge on any atom is 0.248 e. The molecule has 5 nitrogen and oxygen atoms in total. The van der Waals surface area contributed by atoms with Crippen LogP contribution in [0.1, 0.15) is 11.1 Å². The van der Waals surface area contributed by atoms with Crippen molar-refractivity contribution < 1.29 is 4.74 Å². The molecule has 0 fully saturated rings. The first-order chi connectivity index (χ1) is 11.5. The molecule has 0 unspecified atom stereocenters. The average Bonchev–Trinajstić information content (AvgIpc) is 2.57. The molecule has 3 N–H and O–H groups in total. The van der Waals surface area contributed by atoms with E-state index in [4.69, 9.17) is 10.5 Å². The maximum atomic E-state index is 6.16. The number of nitrogens with zero attached hydrogens (tertiary/aromatic N) is 2. The van der Waals surface area contributed by atoms with Crippen molar-refractivity contribution in [3.63, 3.8) is 0 Å². The highest BCUT2D eigenvalue weighted by molar-refractivity contribution is 14.1. The number of hydrogen-bond acceptors (Lipinski definition) is 5. The van der Waals surface area contributed by atoms with Crippen molar-refractivity contribution in [1.82, 2.24) is 9.97 Å². The molecule has 2 aromatic carbocycles. The molecule has 0 aliphatic heterocycles. The fraction of sp³-hybridized carbons (Fsp3) is 0.111. The third-order valence-electron chi connectivity index (χ3n) is 3.65. The fourth-order valence-electron chi connectivity index (χ4n) is 2.12. The Balaban J connectivity index is 1.84. The van der Waals surface area contributed by atoms with E-state index in [2.05, 4.69) is 44.8 Å². The third-order valence-corrected chi connectivity index (χ3v) is 4.37. The van der Waals surface area contributed by atoms with Crippen LogP contribution in [0.4, 0.5) is 17.2 Å². The highest BCUT2D eigenvalue weighted by atomic mass is 127. The Labute approximate surface area is 154 Å². The minimum atomic E-state index is 0.335. The average molecular weight is 432 g/mol. The highest BCUT2D eigenvalue weighted by Crippen LogP contribution is 2.31. The van der Waals surface area contributed by atoms with Gasteiger partial charge in [-0.2, -0.15) is 4.98 Å². The molecule has 0 amide bonds. The number of nitrogens with one attached hydrogen (secondary N) is 1. The quantitative estimate of drug-likeness (QED) is 0.579. The Morgan fingerprint density at radius 2 is 1.75 bits per heavy atom. The number of halogens is 1. The van der Waals surface area contributed by atoms with Crippen molar-refractivity contribution in [3.8, 4) is 11.6 Å². The number of ether oxygens (including phenoxy) is 1. The van der Waals surface area contributed by atoms with Gasteiger partial charge in [0.15, 0.2) is 5.82 Å². The third kappa shape index (κ3) is 3.76. The van der Waals surface area contributed by atoms with Crippen molar-refractivity contribution >= 4 is 39.8 Å². The van der Waals surface area contributed by atoms with E-state index < -0.39 is 0 Å². The summed E-state index contributed by atoms with van der Waals surface area (Å²) in [5.74, 6) is 1.55. The van der Waals surface area contributed by atoms with E-state index in [0.29, 0.717) is 23.1 Å². The van der Waals surface area contributed by atoms with Gasteiger partial charge in [0.2, 0.25) is 5.88 Å². The molecule has 1 aromatic heterocycles. The fourth-order valence-corrected chi connectivity index (χ4v) is 2.48. The predicted octanol–water partition coefficient (Wildman–Crippen LogP) is 4.82. The summed E-state index contributed by atoms with van der Waals surface area (Å²) in [5.41, 5.74) is 9.79. The van der Waals surface area contributed by atoms with E-state index in [1.54, 1.807) is 0 Å². The van der Waals surface area contributed by atoms with Crippen LogP contribution in [0.25, 0.3) is 0 Å². The molecule has 3 rings (SSSR count). The second-order valence-electron chi connectivity index (χ2n) is 5.42. The van der Waals surface area contributed by atoms with E-state index >= 15 is 0 Å². The Bertz CT molecular complexity index is 865. The van der Waals surface area contributed by atoms with Gasteiger partial charge < -0.3 is 15.8 Å². The van der Waals surface area contributed by atoms with Gasteiger partial charge in [0.05, 0.1) is 0 Å². The van der Waals surface area contributed by atoms with Crippen LogP contribution in [0.2, 0.25) is 0 Å². The lowest BCUT2D eigenvalue weighted by Gasteiger charge is -2.12. The van der Waals surface area contributed by atoms with Gasteiger partial charge in [-0.25, -0.2) is 4.98 Å². The van der Waals surface area contributed by atoms with E-state index in [-0.39, 0.29) is 0 Å². The maximum absolute atomic E-state index is 6.16. The number of anilines is 3. The monoisotopic (exact) mass is 432 g/mol. The van der Waals surface area contributed by atoms with E-state index in [0.717, 1.165) is 14.8 Å². The van der Waals surface area contributed by atoms with E-state index in [1.165, 1.54) is 11.9 Å². The summed E-state index contributed by atoms with van der Waals surface area (Å²) in [7, 11) is 0. The number of benzene rings is 2. The predicted molar refractivity (Wildman–Crippen MR) is 105 cm³/mol. The summed E-state index contributed by atoms with van der Waals surface area (Å²) in [5, 5.41) is 3.19. The first kappa shape index (κ1) is 16.5. The Kier molecular flexibility index (Phi) is 4.84. The van der Waals surface area contributed by atoms with Crippen LogP contribution in [0.3, 0.4) is 0 Å². The Hall–Kier alpha value is -2.35. The molecule has 0 spiro atoms. The molecular weight excluding hydrogens is 415 g/mol. The molecule has 1 heterocycles. The van der Waals surface area contributed by atoms with Gasteiger partial charge in [-0.3, -0.25) is 0 Å². The van der Waals surface area contributed by atoms with Crippen LogP contribution in [-0.2, 0) is 0 Å². The molecule has 0 bridgehead atoms. The topological polar surface area (TPSA) is 73.1 Å². The molecule has 3 aromatic rings. The lowest BCUT2D eigenvalue weighted by molar-refractivity contribution is 0.464. The standard InChI is InChI=1S/C18H17IN4O/c1-11-3-8-15(9-12(11)2)24-18-16(20)17(21-10-22-18)23-14-6-4-13(19)5-7-14/h3-10H,20H2,1-2H3,(H,21,22,23). The highest BCUT2D eigenvalue weighted by Gasteiger charge is 2.11. The zero-order valence-corrected chi connectivity index (χ0v) is 15.5. The van der Waals surface area contributed by atoms with Gasteiger partial charge in [0, 0.05) is 9.26 Å². The molecule has 0 aliphatic carbocycles. The molecule has 0 radical (unpaired) electrons. The van der Waals surface area contributed by atoms with Crippen LogP contribution >= 0.6 is 22.6 Å². The van der Waals surface area contributed by atoms with Crippen LogP contribution in [0.15, 0.2) is 48.8 Å². The van der Waals surface area contributed by atoms with Crippen LogP contribution in [-0.4, -0.2) is 9.97 Å². The van der Waals surface area contributed by atoms with Crippen molar-refractivity contribution in [2.75, 3.05) is 11.1 Å². The largest absolute Gasteiger partial charge is 0.437 e. The number of aromatic nitrogens is 2. The minimum Gasteiger partial charge on any atom is -0.437 e. The first-order valence-corrected chi connectivity index (χ1v) is 8.49. The van der Waals surface area contributed by atoms with Gasteiger partial charge in [-0.1, -0.05) is 6.07 Å². The molecule has 122 valence electrons. The number of hydrogen-bond donors (Lipinski definition) is 2. The SMILES string of the molecule is Cc1ccc(Oc2ncnc(Nc3ccc(I)cc3)c2N)cc1C. The lowest BCUT2D eigenvalue weighted by Crippen LogP contribution is -2.03. The number of nitrogens with two attached hydrogens (primary N) is 1. The molecule has 6 heteroatoms. The minimum absolute atomic E-state index is 0.335. The van der Waals surface area contributed by atoms with Gasteiger partial charge in [-0.05, 0) is 84.0 Å². The number of nitrogen functional groups attached to an aromatic ring is 1. The van der Waals surface area contributed by atoms with E-state index in [9.17, 15) is 0 Å². The first-order valence-electron chi connectivity index (χ1n) is 7.41. The summed E-state index contributed by atoms with van der Waals surface area (Å²) >= 11 is 2.26. The molecule has 0 saturated heterocycles. The van der Waals surface area contributed by atoms with Gasteiger partial charge >= 0.3 is 0 Å². The summed E-state index contributed by atoms with van der Waals surface area (Å²) in [4.78, 5) is 8.34. The molecular formula is C18H17IN4O. The Morgan fingerprint density at radius 1 is 1.00 bits per heavy atom. The lowest BCUT2D eigenvalue weighted by atomic mass is 10.1. The molecule has 0 atom stereocenters. The summed E-state index contributed by atoms with van der Waals surface area (Å²) in [6.45, 7) is 4.09. The Morgan fingerprint density at radius 3 is 2.46 bits per heavy atom. The summed E-state index contributed by atoms with van der Waals surface area (Å²) in [6.07, 6.45) is 1.43. The van der Waals surface area contributed by atoms with Crippen molar-refractivity contribution in [3.05, 3.63) is 63.5 Å². The van der Waals surface area contributed by atoms with Gasteiger partial charge in [-0.15, -0.1) is 0 Å². The molecule has 0 aliphatic rings. The summed E-state index contributed by atoms with van der Waals surface area (Å²) in [6, 6.07) is 13.8. The van der Waals surface area contributed by atoms with Crippen LogP contribution in [0.5, 0.6) is 11.6 Å². The van der Waals surface area contributed by atoms with Crippen molar-refractivity contribution in [2.45, 2.75) is 13.8 Å². The van der Waals surface area contributed by atoms with Crippen molar-refractivity contribution in [2.24, 2.45) is 0 Å². The van der Waals surface area contributed by atoms with E-state index in [1.807, 2.05) is 49.4 Å². The zero-order valence-electron chi connectivity index (χ0n) is 13.4. The van der Waals surface area contributed by atoms with Gasteiger partial charge in [0.25, 0.3) is 0 Å². The van der Waals surface area contributed by atoms with Crippen molar-refractivity contribution in [1.29, 1.82) is 0 Å². The number of aryl methyl sites for hydroxylation is 2. The van der Waals surface area contributed by atoms with Crippen LogP contribution < -0.4 is 15.8 Å².